The Morgan fingerprint density at radius 1 is 1.00 bits per heavy atom. The van der Waals surface area contributed by atoms with Gasteiger partial charge in [-0.25, -0.2) is 0 Å². The van der Waals surface area contributed by atoms with E-state index in [1.807, 2.05) is 6.92 Å². The van der Waals surface area contributed by atoms with E-state index in [1.54, 1.807) is 5.57 Å². The number of hydrogen-bond acceptors (Lipinski definition) is 1. The van der Waals surface area contributed by atoms with Crippen molar-refractivity contribution in [1.82, 2.24) is 0 Å². The number of rotatable bonds is 8. The van der Waals surface area contributed by atoms with Crippen molar-refractivity contribution in [1.29, 1.82) is 0 Å². The Labute approximate surface area is 182 Å². The molecule has 0 spiro atoms. The minimum atomic E-state index is -0.170. The lowest BCUT2D eigenvalue weighted by Gasteiger charge is -2.57. The highest BCUT2D eigenvalue weighted by Crippen LogP contribution is 2.66. The highest BCUT2D eigenvalue weighted by atomic mass is 16.3. The van der Waals surface area contributed by atoms with Gasteiger partial charge in [0.2, 0.25) is 0 Å². The molecular weight excluding hydrogens is 352 g/mol. The second-order valence-corrected chi connectivity index (χ2v) is 12.3. The number of aliphatic hydroxyl groups excluding tert-OH is 1. The fourth-order valence-corrected chi connectivity index (χ4v) is 8.16. The Kier molecular flexibility index (Phi) is 7.30. The van der Waals surface area contributed by atoms with Gasteiger partial charge < -0.3 is 5.11 Å². The summed E-state index contributed by atoms with van der Waals surface area (Å²) < 4.78 is 0. The van der Waals surface area contributed by atoms with Gasteiger partial charge in [0, 0.05) is 0 Å². The van der Waals surface area contributed by atoms with Crippen molar-refractivity contribution in [2.75, 3.05) is 0 Å². The molecule has 0 amide bonds. The molecule has 29 heavy (non-hydrogen) atoms. The highest BCUT2D eigenvalue weighted by molar-refractivity contribution is 5.21. The van der Waals surface area contributed by atoms with Gasteiger partial charge in [0.05, 0.1) is 6.10 Å². The summed E-state index contributed by atoms with van der Waals surface area (Å²) in [6.07, 6.45) is 15.9. The van der Waals surface area contributed by atoms with Crippen LogP contribution in [-0.2, 0) is 0 Å². The van der Waals surface area contributed by atoms with Crippen LogP contribution >= 0.6 is 0 Å². The lowest BCUT2D eigenvalue weighted by Crippen LogP contribution is -2.49. The summed E-state index contributed by atoms with van der Waals surface area (Å²) in [7, 11) is 0. The lowest BCUT2D eigenvalue weighted by molar-refractivity contribution is -0.0481. The maximum absolute atomic E-state index is 9.95. The number of fused-ring (bicyclic) bond motifs is 3. The van der Waals surface area contributed by atoms with Crippen LogP contribution in [0.5, 0.6) is 0 Å². The van der Waals surface area contributed by atoms with Crippen LogP contribution in [0.3, 0.4) is 0 Å². The first-order valence-electron chi connectivity index (χ1n) is 12.9. The third-order valence-electron chi connectivity index (χ3n) is 10.1. The summed E-state index contributed by atoms with van der Waals surface area (Å²) in [4.78, 5) is 0. The monoisotopic (exact) mass is 402 g/mol. The Morgan fingerprint density at radius 3 is 2.38 bits per heavy atom. The van der Waals surface area contributed by atoms with Crippen molar-refractivity contribution >= 4 is 0 Å². The van der Waals surface area contributed by atoms with Crippen LogP contribution in [-0.4, -0.2) is 11.2 Å². The Morgan fingerprint density at radius 2 is 1.72 bits per heavy atom. The molecule has 3 aliphatic carbocycles. The lowest BCUT2D eigenvalue weighted by atomic mass is 9.48. The van der Waals surface area contributed by atoms with E-state index < -0.39 is 0 Å². The summed E-state index contributed by atoms with van der Waals surface area (Å²) in [6, 6.07) is 0. The van der Waals surface area contributed by atoms with Crippen LogP contribution in [0.2, 0.25) is 0 Å². The van der Waals surface area contributed by atoms with Crippen LogP contribution in [0.25, 0.3) is 0 Å². The molecule has 0 aromatic rings. The Balaban J connectivity index is 1.73. The first-order valence-corrected chi connectivity index (χ1v) is 12.9. The number of hydrogen-bond donors (Lipinski definition) is 1. The molecule has 1 N–H and O–H groups in total. The van der Waals surface area contributed by atoms with Crippen LogP contribution in [0.4, 0.5) is 0 Å². The van der Waals surface area contributed by atoms with E-state index in [9.17, 15) is 5.11 Å². The predicted molar refractivity (Wildman–Crippen MR) is 126 cm³/mol. The molecule has 2 saturated carbocycles. The average Bonchev–Trinajstić information content (AvgIpc) is 3.00. The van der Waals surface area contributed by atoms with Gasteiger partial charge in [-0.2, -0.15) is 0 Å². The third-order valence-corrected chi connectivity index (χ3v) is 10.1. The topological polar surface area (TPSA) is 20.2 Å². The van der Waals surface area contributed by atoms with E-state index in [1.165, 1.54) is 51.4 Å². The normalized spacial score (nSPS) is 41.6. The maximum Gasteiger partial charge on any atom is 0.0512 e. The smallest absolute Gasteiger partial charge is 0.0512 e. The summed E-state index contributed by atoms with van der Waals surface area (Å²) in [6.45, 7) is 16.9. The van der Waals surface area contributed by atoms with Gasteiger partial charge in [0.15, 0.2) is 0 Å². The highest BCUT2D eigenvalue weighted by Gasteiger charge is 2.58. The van der Waals surface area contributed by atoms with Gasteiger partial charge in [-0.1, -0.05) is 65.5 Å². The summed E-state index contributed by atoms with van der Waals surface area (Å²) in [5, 5.41) is 9.95. The largest absolute Gasteiger partial charge is 0.393 e. The van der Waals surface area contributed by atoms with Crippen molar-refractivity contribution in [2.45, 2.75) is 119 Å². The molecule has 1 heteroatoms. The minimum Gasteiger partial charge on any atom is -0.393 e. The summed E-state index contributed by atoms with van der Waals surface area (Å²) in [5.41, 5.74) is 2.49. The van der Waals surface area contributed by atoms with Crippen molar-refractivity contribution in [3.05, 3.63) is 11.6 Å². The quantitative estimate of drug-likeness (QED) is 0.407. The van der Waals surface area contributed by atoms with Gasteiger partial charge >= 0.3 is 0 Å². The van der Waals surface area contributed by atoms with Gasteiger partial charge in [-0.3, -0.25) is 0 Å². The van der Waals surface area contributed by atoms with Crippen LogP contribution < -0.4 is 0 Å². The zero-order chi connectivity index (χ0) is 21.4. The molecule has 0 bridgehead atoms. The average molecular weight is 403 g/mol. The third kappa shape index (κ3) is 4.51. The molecular formula is C28H50O. The predicted octanol–water partition coefficient (Wildman–Crippen LogP) is 8.02. The molecule has 1 nitrogen and oxygen atoms in total. The van der Waals surface area contributed by atoms with Gasteiger partial charge in [0.1, 0.15) is 0 Å². The van der Waals surface area contributed by atoms with Gasteiger partial charge in [-0.15, -0.1) is 0 Å². The zero-order valence-corrected chi connectivity index (χ0v) is 20.6. The summed E-state index contributed by atoms with van der Waals surface area (Å²) >= 11 is 0. The Hall–Kier alpha value is -0.300. The van der Waals surface area contributed by atoms with Gasteiger partial charge in [-0.05, 0) is 105 Å². The molecule has 2 fully saturated rings. The molecule has 3 rings (SSSR count). The van der Waals surface area contributed by atoms with E-state index >= 15 is 0 Å². The standard InChI is InChI=1S/C28H50O/c1-19(2)9-8-10-20(3)24-13-14-25-23-12-11-21(4)27(6,17-15-22(5)29)26(23)16-18-28(24,25)7/h11,19-20,22-26,29H,8-10,12-18H2,1-7H3/t20-,22?,23?,24?,25?,26?,27?,28?/m1/s1. The second kappa shape index (κ2) is 9.05. The van der Waals surface area contributed by atoms with Crippen molar-refractivity contribution in [2.24, 2.45) is 46.3 Å². The molecule has 8 atom stereocenters. The molecule has 0 radical (unpaired) electrons. The Bertz CT molecular complexity index is 575. The molecule has 0 saturated heterocycles. The van der Waals surface area contributed by atoms with E-state index in [-0.39, 0.29) is 6.10 Å². The molecule has 3 aliphatic rings. The molecule has 0 aromatic heterocycles. The minimum absolute atomic E-state index is 0.170. The van der Waals surface area contributed by atoms with Crippen LogP contribution in [0.1, 0.15) is 113 Å². The van der Waals surface area contributed by atoms with Crippen LogP contribution in [0.15, 0.2) is 11.6 Å². The van der Waals surface area contributed by atoms with Crippen LogP contribution in [0, 0.1) is 46.3 Å². The van der Waals surface area contributed by atoms with E-state index in [2.05, 4.69) is 47.6 Å². The molecule has 7 unspecified atom stereocenters. The number of aliphatic hydroxyl groups is 1. The van der Waals surface area contributed by atoms with Gasteiger partial charge in [0.25, 0.3) is 0 Å². The molecule has 168 valence electrons. The first kappa shape index (κ1) is 23.4. The SMILES string of the molecule is CC1=CCC2C(CCC3(C)C2CCC3[C@H](C)CCCC(C)C)C1(C)CCC(C)O. The second-order valence-electron chi connectivity index (χ2n) is 12.3. The van der Waals surface area contributed by atoms with E-state index in [4.69, 9.17) is 0 Å². The van der Waals surface area contributed by atoms with Crippen molar-refractivity contribution < 1.29 is 5.11 Å². The van der Waals surface area contributed by atoms with Crippen molar-refractivity contribution in [3.63, 3.8) is 0 Å². The molecule has 0 heterocycles. The van der Waals surface area contributed by atoms with Crippen molar-refractivity contribution in [3.8, 4) is 0 Å². The van der Waals surface area contributed by atoms with E-state index in [0.717, 1.165) is 48.3 Å². The zero-order valence-electron chi connectivity index (χ0n) is 20.6. The maximum atomic E-state index is 9.95. The first-order chi connectivity index (χ1) is 13.6. The number of allylic oxidation sites excluding steroid dienone is 2. The fourth-order valence-electron chi connectivity index (χ4n) is 8.16. The van der Waals surface area contributed by atoms with E-state index in [0.29, 0.717) is 10.8 Å². The fraction of sp³-hybridized carbons (Fsp3) is 0.929. The summed E-state index contributed by atoms with van der Waals surface area (Å²) in [5.74, 6) is 5.32. The molecule has 0 aliphatic heterocycles. The molecule has 0 aromatic carbocycles.